The van der Waals surface area contributed by atoms with Crippen molar-refractivity contribution in [3.8, 4) is 0 Å². The van der Waals surface area contributed by atoms with Crippen LogP contribution in [0, 0.1) is 5.82 Å². The maximum Gasteiger partial charge on any atom is 0.422 e. The van der Waals surface area contributed by atoms with Crippen LogP contribution >= 0.6 is 0 Å². The van der Waals surface area contributed by atoms with Crippen LogP contribution in [0.5, 0.6) is 0 Å². The molecule has 1 unspecified atom stereocenters. The molecule has 7 heteroatoms. The Morgan fingerprint density at radius 2 is 1.39 bits per heavy atom. The van der Waals surface area contributed by atoms with E-state index in [1.54, 1.807) is 30.3 Å². The molecule has 0 aromatic heterocycles. The van der Waals surface area contributed by atoms with Gasteiger partial charge in [-0.2, -0.15) is 13.2 Å². The minimum Gasteiger partial charge on any atom is -0.452 e. The van der Waals surface area contributed by atoms with Crippen LogP contribution in [0.15, 0.2) is 93.5 Å². The number of carbonyl (C=O) groups is 1. The molecule has 0 fully saturated rings. The highest BCUT2D eigenvalue weighted by molar-refractivity contribution is 7.97. The first-order chi connectivity index (χ1) is 13.3. The van der Waals surface area contributed by atoms with Crippen molar-refractivity contribution >= 4 is 16.9 Å². The van der Waals surface area contributed by atoms with E-state index in [9.17, 15) is 22.4 Å². The molecule has 0 saturated heterocycles. The summed E-state index contributed by atoms with van der Waals surface area (Å²) in [6.07, 6.45) is -4.61. The van der Waals surface area contributed by atoms with Gasteiger partial charge in [0.15, 0.2) is 21.3 Å². The number of halogens is 4. The zero-order chi connectivity index (χ0) is 20.1. The Labute approximate surface area is 162 Å². The fraction of sp³-hybridized carbons (Fsp3) is 0.0952. The number of carbonyl (C=O) groups excluding carboxylic acids is 1. The Bertz CT molecular complexity index is 941. The van der Waals surface area contributed by atoms with Crippen LogP contribution in [0.1, 0.15) is 10.4 Å². The smallest absolute Gasteiger partial charge is 0.422 e. The van der Waals surface area contributed by atoms with Crippen LogP contribution in [-0.2, 0) is 15.6 Å². The van der Waals surface area contributed by atoms with Crippen LogP contribution in [0.2, 0.25) is 0 Å². The van der Waals surface area contributed by atoms with Gasteiger partial charge < -0.3 is 4.74 Å². The second kappa shape index (κ2) is 8.48. The molecular formula is C21H15F4O2S+. The van der Waals surface area contributed by atoms with Crippen molar-refractivity contribution in [3.05, 3.63) is 90.2 Å². The highest BCUT2D eigenvalue weighted by Gasteiger charge is 2.35. The fourth-order valence-electron chi connectivity index (χ4n) is 2.56. The van der Waals surface area contributed by atoms with Crippen LogP contribution in [0.4, 0.5) is 17.6 Å². The highest BCUT2D eigenvalue weighted by Crippen LogP contribution is 2.33. The van der Waals surface area contributed by atoms with Gasteiger partial charge in [-0.1, -0.05) is 30.3 Å². The number of alkyl halides is 3. The largest absolute Gasteiger partial charge is 0.452 e. The van der Waals surface area contributed by atoms with E-state index in [0.29, 0.717) is 4.90 Å². The van der Waals surface area contributed by atoms with Gasteiger partial charge in [-0.05, 0) is 48.5 Å². The van der Waals surface area contributed by atoms with E-state index in [0.717, 1.165) is 9.79 Å². The van der Waals surface area contributed by atoms with Gasteiger partial charge in [-0.25, -0.2) is 9.18 Å². The van der Waals surface area contributed by atoms with E-state index in [1.807, 2.05) is 30.3 Å². The van der Waals surface area contributed by atoms with Crippen molar-refractivity contribution in [2.45, 2.75) is 20.9 Å². The summed E-state index contributed by atoms with van der Waals surface area (Å²) in [6, 6.07) is 21.4. The molecule has 3 aromatic rings. The lowest BCUT2D eigenvalue weighted by Crippen LogP contribution is -2.21. The summed E-state index contributed by atoms with van der Waals surface area (Å²) in [4.78, 5) is 14.4. The maximum atomic E-state index is 13.4. The van der Waals surface area contributed by atoms with Crippen molar-refractivity contribution in [2.24, 2.45) is 0 Å². The molecule has 0 radical (unpaired) electrons. The predicted molar refractivity (Wildman–Crippen MR) is 97.8 cm³/mol. The molecule has 0 bridgehead atoms. The first-order valence-corrected chi connectivity index (χ1v) is 9.45. The van der Waals surface area contributed by atoms with E-state index >= 15 is 0 Å². The lowest BCUT2D eigenvalue weighted by molar-refractivity contribution is -0.161. The van der Waals surface area contributed by atoms with Gasteiger partial charge in [0, 0.05) is 0 Å². The van der Waals surface area contributed by atoms with Gasteiger partial charge in [0.05, 0.1) is 0 Å². The van der Waals surface area contributed by atoms with Crippen molar-refractivity contribution in [1.82, 2.24) is 0 Å². The molecule has 0 amide bonds. The van der Waals surface area contributed by atoms with E-state index in [2.05, 4.69) is 4.74 Å². The molecule has 3 aromatic carbocycles. The molecule has 0 aliphatic rings. The summed E-state index contributed by atoms with van der Waals surface area (Å²) >= 11 is 0. The summed E-state index contributed by atoms with van der Waals surface area (Å²) in [5, 5.41) is 0. The summed E-state index contributed by atoms with van der Waals surface area (Å²) in [5.74, 6) is -1.46. The number of hydrogen-bond acceptors (Lipinski definition) is 2. The summed E-state index contributed by atoms with van der Waals surface area (Å²) < 4.78 is 55.2. The Morgan fingerprint density at radius 1 is 0.821 bits per heavy atom. The number of esters is 1. The van der Waals surface area contributed by atoms with Crippen molar-refractivity contribution in [1.29, 1.82) is 0 Å². The predicted octanol–water partition coefficient (Wildman–Crippen LogP) is 5.64. The molecule has 28 heavy (non-hydrogen) atoms. The number of ether oxygens (including phenoxy) is 1. The second-order valence-corrected chi connectivity index (χ2v) is 7.76. The molecule has 0 heterocycles. The Balaban J connectivity index is 2.06. The normalized spacial score (nSPS) is 12.4. The van der Waals surface area contributed by atoms with Crippen LogP contribution in [0.25, 0.3) is 0 Å². The number of benzene rings is 3. The van der Waals surface area contributed by atoms with Gasteiger partial charge >= 0.3 is 12.1 Å². The van der Waals surface area contributed by atoms with E-state index in [-0.39, 0.29) is 5.56 Å². The van der Waals surface area contributed by atoms with Crippen molar-refractivity contribution in [2.75, 3.05) is 6.61 Å². The lowest BCUT2D eigenvalue weighted by atomic mass is 10.2. The molecule has 1 atom stereocenters. The Hall–Kier alpha value is -2.80. The average molecular weight is 407 g/mol. The molecule has 0 spiro atoms. The molecule has 3 rings (SSSR count). The van der Waals surface area contributed by atoms with E-state index in [1.165, 1.54) is 18.2 Å². The van der Waals surface area contributed by atoms with Gasteiger partial charge in [0.25, 0.3) is 0 Å². The highest BCUT2D eigenvalue weighted by atomic mass is 32.2. The minimum absolute atomic E-state index is 0.0447. The molecule has 0 saturated carbocycles. The van der Waals surface area contributed by atoms with Crippen molar-refractivity contribution < 1.29 is 27.1 Å². The van der Waals surface area contributed by atoms with Crippen LogP contribution in [-0.4, -0.2) is 18.8 Å². The van der Waals surface area contributed by atoms with Gasteiger partial charge in [-0.15, -0.1) is 0 Å². The average Bonchev–Trinajstić information content (AvgIpc) is 2.68. The van der Waals surface area contributed by atoms with Gasteiger partial charge in [0.2, 0.25) is 0 Å². The zero-order valence-electron chi connectivity index (χ0n) is 14.4. The first kappa shape index (κ1) is 19.9. The standard InChI is InChI=1S/C21H15F4O2S/c22-15-10-12-17(13-11-15)28(16-6-2-1-3-7-16)19-9-5-4-8-18(19)20(26)27-14-21(23,24)25/h1-13H,14H2/q+1. The molecule has 144 valence electrons. The topological polar surface area (TPSA) is 26.3 Å². The van der Waals surface area contributed by atoms with E-state index < -0.39 is 35.5 Å². The summed E-state index contributed by atoms with van der Waals surface area (Å²) in [6.45, 7) is -1.66. The van der Waals surface area contributed by atoms with E-state index in [4.69, 9.17) is 0 Å². The monoisotopic (exact) mass is 407 g/mol. The van der Waals surface area contributed by atoms with Crippen LogP contribution in [0.3, 0.4) is 0 Å². The number of rotatable bonds is 5. The number of hydrogen-bond donors (Lipinski definition) is 0. The molecule has 2 nitrogen and oxygen atoms in total. The Kier molecular flexibility index (Phi) is 6.04. The minimum atomic E-state index is -4.61. The quantitative estimate of drug-likeness (QED) is 0.311. The third kappa shape index (κ3) is 4.92. The SMILES string of the molecule is O=C(OCC(F)(F)F)c1ccccc1[S+](c1ccccc1)c1ccc(F)cc1. The second-order valence-electron chi connectivity index (χ2n) is 5.76. The van der Waals surface area contributed by atoms with Gasteiger partial charge in [0.1, 0.15) is 22.3 Å². The molecule has 0 aliphatic carbocycles. The molecule has 0 aliphatic heterocycles. The molecule has 0 N–H and O–H groups in total. The fourth-order valence-corrected chi connectivity index (χ4v) is 4.76. The first-order valence-electron chi connectivity index (χ1n) is 8.23. The Morgan fingerprint density at radius 3 is 2.04 bits per heavy atom. The maximum absolute atomic E-state index is 13.4. The third-order valence-corrected chi connectivity index (χ3v) is 6.01. The molecular weight excluding hydrogens is 392 g/mol. The lowest BCUT2D eigenvalue weighted by Gasteiger charge is -2.12. The van der Waals surface area contributed by atoms with Crippen LogP contribution < -0.4 is 0 Å². The van der Waals surface area contributed by atoms with Gasteiger partial charge in [-0.3, -0.25) is 0 Å². The zero-order valence-corrected chi connectivity index (χ0v) is 15.3. The van der Waals surface area contributed by atoms with Crippen molar-refractivity contribution in [3.63, 3.8) is 0 Å². The summed E-state index contributed by atoms with van der Waals surface area (Å²) in [5.41, 5.74) is 0.0447. The third-order valence-electron chi connectivity index (χ3n) is 3.72. The summed E-state index contributed by atoms with van der Waals surface area (Å²) in [7, 11) is -0.829.